The molecule has 4 rings (SSSR count). The first-order chi connectivity index (χ1) is 14.9. The summed E-state index contributed by atoms with van der Waals surface area (Å²) < 4.78 is 1.37. The predicted octanol–water partition coefficient (Wildman–Crippen LogP) is 4.58. The van der Waals surface area contributed by atoms with Crippen molar-refractivity contribution in [3.63, 3.8) is 0 Å². The topological polar surface area (TPSA) is 106 Å². The minimum absolute atomic E-state index is 0.0462. The Bertz CT molecular complexity index is 1340. The van der Waals surface area contributed by atoms with Crippen molar-refractivity contribution in [3.05, 3.63) is 105 Å². The number of non-ortho nitro benzene ring substituents is 1. The SMILES string of the molecule is C/C(=N/c1cccc(C)n1)c1c(-c2ccccc2)[nH]n(-c2ccc([N+](=O)[O-])cc2)c1=O. The summed E-state index contributed by atoms with van der Waals surface area (Å²) in [5, 5.41) is 14.1. The van der Waals surface area contributed by atoms with Crippen molar-refractivity contribution >= 4 is 17.2 Å². The van der Waals surface area contributed by atoms with Crippen molar-refractivity contribution < 1.29 is 4.92 Å². The molecule has 2 heterocycles. The largest absolute Gasteiger partial charge is 0.290 e. The van der Waals surface area contributed by atoms with Gasteiger partial charge in [0, 0.05) is 23.4 Å². The number of nitrogens with zero attached hydrogens (tertiary/aromatic N) is 4. The van der Waals surface area contributed by atoms with Gasteiger partial charge in [0.05, 0.1) is 27.6 Å². The Morgan fingerprint density at radius 2 is 1.74 bits per heavy atom. The van der Waals surface area contributed by atoms with Crippen LogP contribution >= 0.6 is 0 Å². The molecule has 0 fully saturated rings. The van der Waals surface area contributed by atoms with Crippen LogP contribution in [-0.2, 0) is 0 Å². The van der Waals surface area contributed by atoms with E-state index in [-0.39, 0.29) is 11.2 Å². The number of aliphatic imine (C=N–C) groups is 1. The van der Waals surface area contributed by atoms with Crippen LogP contribution < -0.4 is 5.56 Å². The smallest absolute Gasteiger partial charge is 0.280 e. The molecule has 0 atom stereocenters. The van der Waals surface area contributed by atoms with Gasteiger partial charge in [-0.1, -0.05) is 36.4 Å². The van der Waals surface area contributed by atoms with Gasteiger partial charge in [0.2, 0.25) is 0 Å². The summed E-state index contributed by atoms with van der Waals surface area (Å²) in [6, 6.07) is 20.8. The Labute approximate surface area is 177 Å². The molecule has 0 aliphatic carbocycles. The van der Waals surface area contributed by atoms with Gasteiger partial charge >= 0.3 is 0 Å². The van der Waals surface area contributed by atoms with E-state index < -0.39 is 4.92 Å². The summed E-state index contributed by atoms with van der Waals surface area (Å²) in [6.07, 6.45) is 0. The number of nitro groups is 1. The molecule has 2 aromatic heterocycles. The number of hydrogen-bond acceptors (Lipinski definition) is 5. The van der Waals surface area contributed by atoms with Gasteiger partial charge < -0.3 is 0 Å². The molecule has 0 aliphatic rings. The van der Waals surface area contributed by atoms with Crippen LogP contribution in [0.25, 0.3) is 16.9 Å². The maximum atomic E-state index is 13.4. The fourth-order valence-corrected chi connectivity index (χ4v) is 3.31. The minimum Gasteiger partial charge on any atom is -0.290 e. The van der Waals surface area contributed by atoms with E-state index in [1.54, 1.807) is 13.0 Å². The van der Waals surface area contributed by atoms with Crippen molar-refractivity contribution in [1.82, 2.24) is 14.8 Å². The summed E-state index contributed by atoms with van der Waals surface area (Å²) in [5.41, 5.74) is 3.32. The maximum Gasteiger partial charge on any atom is 0.280 e. The Morgan fingerprint density at radius 3 is 2.39 bits per heavy atom. The third kappa shape index (κ3) is 4.04. The molecule has 0 spiro atoms. The van der Waals surface area contributed by atoms with E-state index in [0.717, 1.165) is 11.3 Å². The summed E-state index contributed by atoms with van der Waals surface area (Å²) in [4.78, 5) is 32.8. The van der Waals surface area contributed by atoms with Crippen LogP contribution in [0.3, 0.4) is 0 Å². The number of hydrogen-bond donors (Lipinski definition) is 1. The number of pyridine rings is 1. The quantitative estimate of drug-likeness (QED) is 0.293. The zero-order valence-corrected chi connectivity index (χ0v) is 16.9. The molecule has 0 radical (unpaired) electrons. The van der Waals surface area contributed by atoms with Gasteiger partial charge in [0.25, 0.3) is 11.2 Å². The molecule has 0 bridgehead atoms. The van der Waals surface area contributed by atoms with Gasteiger partial charge in [0.1, 0.15) is 0 Å². The van der Waals surface area contributed by atoms with E-state index in [4.69, 9.17) is 0 Å². The zero-order valence-electron chi connectivity index (χ0n) is 16.9. The molecule has 31 heavy (non-hydrogen) atoms. The molecule has 1 N–H and O–H groups in total. The lowest BCUT2D eigenvalue weighted by atomic mass is 10.1. The van der Waals surface area contributed by atoms with Crippen molar-refractivity contribution in [2.45, 2.75) is 13.8 Å². The molecule has 0 saturated carbocycles. The number of aryl methyl sites for hydroxylation is 1. The molecular weight excluding hydrogens is 394 g/mol. The average Bonchev–Trinajstić information content (AvgIpc) is 3.11. The highest BCUT2D eigenvalue weighted by Gasteiger charge is 2.20. The van der Waals surface area contributed by atoms with E-state index in [1.807, 2.05) is 49.4 Å². The van der Waals surface area contributed by atoms with Gasteiger partial charge in [-0.25, -0.2) is 14.7 Å². The van der Waals surface area contributed by atoms with E-state index in [1.165, 1.54) is 28.9 Å². The summed E-state index contributed by atoms with van der Waals surface area (Å²) >= 11 is 0. The van der Waals surface area contributed by atoms with Gasteiger partial charge in [-0.15, -0.1) is 0 Å². The van der Waals surface area contributed by atoms with Crippen molar-refractivity contribution in [2.24, 2.45) is 4.99 Å². The molecule has 8 heteroatoms. The van der Waals surface area contributed by atoms with Crippen LogP contribution in [0.15, 0.2) is 82.6 Å². The highest BCUT2D eigenvalue weighted by Crippen LogP contribution is 2.23. The highest BCUT2D eigenvalue weighted by molar-refractivity contribution is 6.04. The second-order valence-corrected chi connectivity index (χ2v) is 6.98. The fourth-order valence-electron chi connectivity index (χ4n) is 3.31. The molecule has 0 aliphatic heterocycles. The molecule has 154 valence electrons. The average molecular weight is 413 g/mol. The van der Waals surface area contributed by atoms with Crippen molar-refractivity contribution in [3.8, 4) is 16.9 Å². The van der Waals surface area contributed by atoms with Crippen LogP contribution in [0.2, 0.25) is 0 Å². The first-order valence-electron chi connectivity index (χ1n) is 9.58. The van der Waals surface area contributed by atoms with E-state index in [9.17, 15) is 14.9 Å². The highest BCUT2D eigenvalue weighted by atomic mass is 16.6. The fraction of sp³-hybridized carbons (Fsp3) is 0.0870. The van der Waals surface area contributed by atoms with Crippen molar-refractivity contribution in [1.29, 1.82) is 0 Å². The van der Waals surface area contributed by atoms with Crippen LogP contribution in [0.4, 0.5) is 11.5 Å². The lowest BCUT2D eigenvalue weighted by Gasteiger charge is -2.03. The summed E-state index contributed by atoms with van der Waals surface area (Å²) in [6.45, 7) is 3.64. The molecule has 2 aromatic carbocycles. The molecule has 0 amide bonds. The first kappa shape index (κ1) is 20.0. The Balaban J connectivity index is 1.89. The van der Waals surface area contributed by atoms with Crippen LogP contribution in [0, 0.1) is 17.0 Å². The molecule has 0 unspecified atom stereocenters. The standard InChI is InChI=1S/C23H19N5O3/c1-15-7-6-10-20(24-15)25-16(2)21-22(17-8-4-3-5-9-17)26-27(23(21)29)18-11-13-19(14-12-18)28(30)31/h3-14,26H,1-2H3/b25-16-. The number of benzene rings is 2. The number of aromatic nitrogens is 3. The van der Waals surface area contributed by atoms with Crippen LogP contribution in [0.1, 0.15) is 18.2 Å². The van der Waals surface area contributed by atoms with E-state index in [0.29, 0.717) is 28.5 Å². The Hall–Kier alpha value is -4.33. The second-order valence-electron chi connectivity index (χ2n) is 6.98. The van der Waals surface area contributed by atoms with Gasteiger partial charge in [0.15, 0.2) is 5.82 Å². The lowest BCUT2D eigenvalue weighted by molar-refractivity contribution is -0.384. The number of rotatable bonds is 5. The van der Waals surface area contributed by atoms with Crippen LogP contribution in [0.5, 0.6) is 0 Å². The van der Waals surface area contributed by atoms with Crippen molar-refractivity contribution in [2.75, 3.05) is 0 Å². The maximum absolute atomic E-state index is 13.4. The monoisotopic (exact) mass is 413 g/mol. The third-order valence-electron chi connectivity index (χ3n) is 4.79. The first-order valence-corrected chi connectivity index (χ1v) is 9.58. The Kier molecular flexibility index (Phi) is 5.28. The zero-order chi connectivity index (χ0) is 22.0. The van der Waals surface area contributed by atoms with E-state index in [2.05, 4.69) is 15.1 Å². The molecule has 8 nitrogen and oxygen atoms in total. The third-order valence-corrected chi connectivity index (χ3v) is 4.79. The Morgan fingerprint density at radius 1 is 1.03 bits per heavy atom. The van der Waals surface area contributed by atoms with Gasteiger partial charge in [-0.3, -0.25) is 20.0 Å². The van der Waals surface area contributed by atoms with Gasteiger partial charge in [-0.2, -0.15) is 0 Å². The van der Waals surface area contributed by atoms with E-state index >= 15 is 0 Å². The summed E-state index contributed by atoms with van der Waals surface area (Å²) in [5.74, 6) is 0.513. The number of nitrogens with one attached hydrogen (secondary N) is 1. The van der Waals surface area contributed by atoms with Crippen LogP contribution in [-0.4, -0.2) is 25.4 Å². The lowest BCUT2D eigenvalue weighted by Crippen LogP contribution is -2.19. The normalized spacial score (nSPS) is 11.5. The van der Waals surface area contributed by atoms with Gasteiger partial charge in [-0.05, 0) is 38.1 Å². The molecule has 4 aromatic rings. The number of aromatic amines is 1. The molecular formula is C23H19N5O3. The molecule has 0 saturated heterocycles. The minimum atomic E-state index is -0.478. The number of H-pyrrole nitrogens is 1. The summed E-state index contributed by atoms with van der Waals surface area (Å²) in [7, 11) is 0. The number of nitro benzene ring substituents is 1. The predicted molar refractivity (Wildman–Crippen MR) is 119 cm³/mol. The second kappa shape index (κ2) is 8.19.